The van der Waals surface area contributed by atoms with Crippen LogP contribution in [-0.2, 0) is 9.53 Å². The van der Waals surface area contributed by atoms with Gasteiger partial charge in [-0.25, -0.2) is 0 Å². The van der Waals surface area contributed by atoms with E-state index in [0.717, 1.165) is 19.4 Å². The molecule has 0 spiro atoms. The molecule has 1 aromatic heterocycles. The summed E-state index contributed by atoms with van der Waals surface area (Å²) in [6.07, 6.45) is 6.38. The third kappa shape index (κ3) is 5.77. The zero-order chi connectivity index (χ0) is 19.8. The SMILES string of the molecule is O=C(C=Cc1ccco1)NC(=S)Nc1ccccc1C(=O)NCC1CCCO1. The van der Waals surface area contributed by atoms with Crippen molar-refractivity contribution in [3.05, 3.63) is 60.1 Å². The van der Waals surface area contributed by atoms with Crippen molar-refractivity contribution in [2.75, 3.05) is 18.5 Å². The lowest BCUT2D eigenvalue weighted by Crippen LogP contribution is -2.35. The maximum atomic E-state index is 12.5. The van der Waals surface area contributed by atoms with Gasteiger partial charge in [-0.05, 0) is 55.4 Å². The molecule has 1 saturated heterocycles. The average Bonchev–Trinajstić information content (AvgIpc) is 3.38. The normalized spacial score (nSPS) is 16.1. The number of benzene rings is 1. The summed E-state index contributed by atoms with van der Waals surface area (Å²) in [4.78, 5) is 24.4. The Labute approximate surface area is 168 Å². The highest BCUT2D eigenvalue weighted by molar-refractivity contribution is 7.80. The van der Waals surface area contributed by atoms with E-state index in [4.69, 9.17) is 21.4 Å². The Hall–Kier alpha value is -2.97. The first kappa shape index (κ1) is 19.8. The predicted octanol–water partition coefficient (Wildman–Crippen LogP) is 2.71. The second kappa shape index (κ2) is 9.82. The molecule has 7 nitrogen and oxygen atoms in total. The molecular formula is C20H21N3O4S. The van der Waals surface area contributed by atoms with E-state index in [1.54, 1.807) is 36.4 Å². The highest BCUT2D eigenvalue weighted by atomic mass is 32.1. The number of amides is 2. The molecular weight excluding hydrogens is 378 g/mol. The summed E-state index contributed by atoms with van der Waals surface area (Å²) in [5.74, 6) is -0.0815. The topological polar surface area (TPSA) is 92.6 Å². The number of para-hydroxylation sites is 1. The minimum absolute atomic E-state index is 0.0605. The molecule has 8 heteroatoms. The van der Waals surface area contributed by atoms with E-state index < -0.39 is 5.91 Å². The van der Waals surface area contributed by atoms with Crippen LogP contribution in [-0.4, -0.2) is 36.2 Å². The molecule has 1 unspecified atom stereocenters. The van der Waals surface area contributed by atoms with Gasteiger partial charge in [-0.2, -0.15) is 0 Å². The number of carbonyl (C=O) groups is 2. The number of carbonyl (C=O) groups excluding carboxylic acids is 2. The fourth-order valence-electron chi connectivity index (χ4n) is 2.75. The van der Waals surface area contributed by atoms with Crippen LogP contribution in [0.2, 0.25) is 0 Å². The molecule has 1 aromatic carbocycles. The van der Waals surface area contributed by atoms with Crippen LogP contribution in [0.5, 0.6) is 0 Å². The van der Waals surface area contributed by atoms with Crippen molar-refractivity contribution in [3.63, 3.8) is 0 Å². The summed E-state index contributed by atoms with van der Waals surface area (Å²) in [5.41, 5.74) is 0.941. The zero-order valence-corrected chi connectivity index (χ0v) is 16.0. The zero-order valence-electron chi connectivity index (χ0n) is 15.1. The van der Waals surface area contributed by atoms with Crippen LogP contribution in [0, 0.1) is 0 Å². The van der Waals surface area contributed by atoms with Crippen LogP contribution < -0.4 is 16.0 Å². The summed E-state index contributed by atoms with van der Waals surface area (Å²) >= 11 is 5.17. The van der Waals surface area contributed by atoms with Crippen molar-refractivity contribution in [3.8, 4) is 0 Å². The van der Waals surface area contributed by atoms with Gasteiger partial charge in [-0.1, -0.05) is 12.1 Å². The molecule has 1 atom stereocenters. The molecule has 1 aliphatic rings. The van der Waals surface area contributed by atoms with Crippen molar-refractivity contribution >= 4 is 40.9 Å². The van der Waals surface area contributed by atoms with Gasteiger partial charge in [0, 0.05) is 19.2 Å². The summed E-state index contributed by atoms with van der Waals surface area (Å²) in [6, 6.07) is 10.4. The molecule has 0 aliphatic carbocycles. The monoisotopic (exact) mass is 399 g/mol. The molecule has 0 radical (unpaired) electrons. The lowest BCUT2D eigenvalue weighted by atomic mass is 10.1. The largest absolute Gasteiger partial charge is 0.465 e. The Morgan fingerprint density at radius 3 is 2.82 bits per heavy atom. The molecule has 2 heterocycles. The highest BCUT2D eigenvalue weighted by Gasteiger charge is 2.18. The molecule has 1 fully saturated rings. The second-order valence-electron chi connectivity index (χ2n) is 6.18. The molecule has 0 bridgehead atoms. The van der Waals surface area contributed by atoms with Gasteiger partial charge in [0.1, 0.15) is 5.76 Å². The maximum Gasteiger partial charge on any atom is 0.253 e. The Balaban J connectivity index is 1.55. The van der Waals surface area contributed by atoms with E-state index in [2.05, 4.69) is 16.0 Å². The number of thiocarbonyl (C=S) groups is 1. The quantitative estimate of drug-likeness (QED) is 0.511. The maximum absolute atomic E-state index is 12.5. The summed E-state index contributed by atoms with van der Waals surface area (Å²) in [7, 11) is 0. The summed E-state index contributed by atoms with van der Waals surface area (Å²) in [5, 5.41) is 8.39. The minimum Gasteiger partial charge on any atom is -0.465 e. The number of ether oxygens (including phenoxy) is 1. The third-order valence-electron chi connectivity index (χ3n) is 4.11. The van der Waals surface area contributed by atoms with E-state index in [9.17, 15) is 9.59 Å². The van der Waals surface area contributed by atoms with Gasteiger partial charge in [0.2, 0.25) is 5.91 Å². The van der Waals surface area contributed by atoms with Crippen molar-refractivity contribution in [1.82, 2.24) is 10.6 Å². The average molecular weight is 399 g/mol. The van der Waals surface area contributed by atoms with E-state index in [1.807, 2.05) is 0 Å². The third-order valence-corrected chi connectivity index (χ3v) is 4.32. The molecule has 2 amide bonds. The molecule has 1 aliphatic heterocycles. The van der Waals surface area contributed by atoms with E-state index >= 15 is 0 Å². The van der Waals surface area contributed by atoms with Crippen LogP contribution in [0.3, 0.4) is 0 Å². The molecule has 146 valence electrons. The van der Waals surface area contributed by atoms with Crippen molar-refractivity contribution in [2.45, 2.75) is 18.9 Å². The first-order valence-electron chi connectivity index (χ1n) is 8.94. The van der Waals surface area contributed by atoms with E-state index in [1.165, 1.54) is 18.4 Å². The van der Waals surface area contributed by atoms with Crippen LogP contribution in [0.4, 0.5) is 5.69 Å². The van der Waals surface area contributed by atoms with Gasteiger partial charge >= 0.3 is 0 Å². The number of hydrogen-bond donors (Lipinski definition) is 3. The molecule has 3 rings (SSSR count). The summed E-state index contributed by atoms with van der Waals surface area (Å²) in [6.45, 7) is 1.20. The van der Waals surface area contributed by atoms with Crippen LogP contribution in [0.25, 0.3) is 6.08 Å². The van der Waals surface area contributed by atoms with Gasteiger partial charge in [0.25, 0.3) is 5.91 Å². The smallest absolute Gasteiger partial charge is 0.253 e. The van der Waals surface area contributed by atoms with Gasteiger partial charge in [-0.15, -0.1) is 0 Å². The van der Waals surface area contributed by atoms with Crippen LogP contribution >= 0.6 is 12.2 Å². The Morgan fingerprint density at radius 2 is 2.07 bits per heavy atom. The molecule has 3 N–H and O–H groups in total. The Kier molecular flexibility index (Phi) is 6.94. The first-order valence-corrected chi connectivity index (χ1v) is 9.35. The Morgan fingerprint density at radius 1 is 1.21 bits per heavy atom. The number of nitrogens with one attached hydrogen (secondary N) is 3. The standard InChI is InChI=1S/C20H21N3O4S/c24-18(10-9-14-5-3-11-26-14)23-20(28)22-17-8-2-1-7-16(17)19(25)21-13-15-6-4-12-27-15/h1-3,5,7-11,15H,4,6,12-13H2,(H,21,25)(H2,22,23,24,28). The predicted molar refractivity (Wildman–Crippen MR) is 110 cm³/mol. The number of hydrogen-bond acceptors (Lipinski definition) is 5. The number of furan rings is 1. The number of anilines is 1. The number of rotatable bonds is 6. The van der Waals surface area contributed by atoms with Crippen molar-refractivity contribution in [2.24, 2.45) is 0 Å². The van der Waals surface area contributed by atoms with E-state index in [0.29, 0.717) is 23.6 Å². The minimum atomic E-state index is -0.408. The molecule has 2 aromatic rings. The fraction of sp³-hybridized carbons (Fsp3) is 0.250. The lowest BCUT2D eigenvalue weighted by molar-refractivity contribution is -0.115. The van der Waals surface area contributed by atoms with Gasteiger partial charge in [-0.3, -0.25) is 14.9 Å². The second-order valence-corrected chi connectivity index (χ2v) is 6.59. The summed E-state index contributed by atoms with van der Waals surface area (Å²) < 4.78 is 10.6. The van der Waals surface area contributed by atoms with E-state index in [-0.39, 0.29) is 17.1 Å². The van der Waals surface area contributed by atoms with Crippen molar-refractivity contribution < 1.29 is 18.7 Å². The Bertz CT molecular complexity index is 858. The van der Waals surface area contributed by atoms with Gasteiger partial charge in [0.05, 0.1) is 23.6 Å². The van der Waals surface area contributed by atoms with Crippen LogP contribution in [0.15, 0.2) is 53.2 Å². The lowest BCUT2D eigenvalue weighted by Gasteiger charge is -2.14. The fourth-order valence-corrected chi connectivity index (χ4v) is 2.96. The highest BCUT2D eigenvalue weighted by Crippen LogP contribution is 2.16. The van der Waals surface area contributed by atoms with Crippen molar-refractivity contribution in [1.29, 1.82) is 0 Å². The first-order chi connectivity index (χ1) is 13.6. The van der Waals surface area contributed by atoms with Gasteiger partial charge in [0.15, 0.2) is 5.11 Å². The molecule has 0 saturated carbocycles. The molecule has 28 heavy (non-hydrogen) atoms. The van der Waals surface area contributed by atoms with Crippen LogP contribution in [0.1, 0.15) is 29.0 Å². The van der Waals surface area contributed by atoms with Gasteiger partial charge < -0.3 is 19.8 Å².